The summed E-state index contributed by atoms with van der Waals surface area (Å²) in [6.45, 7) is 5.90. The number of aromatic nitrogens is 1. The first-order valence-corrected chi connectivity index (χ1v) is 10.0. The average molecular weight is 418 g/mol. The quantitative estimate of drug-likeness (QED) is 0.330. The lowest BCUT2D eigenvalue weighted by Crippen LogP contribution is -2.21. The highest BCUT2D eigenvalue weighted by Crippen LogP contribution is 2.28. The molecule has 0 aliphatic carbocycles. The highest BCUT2D eigenvalue weighted by Gasteiger charge is 2.15. The Morgan fingerprint density at radius 2 is 1.77 bits per heavy atom. The first-order chi connectivity index (χ1) is 15.0. The number of carbonyl (C=O) groups excluding carboxylic acids is 1. The van der Waals surface area contributed by atoms with Crippen molar-refractivity contribution in [1.82, 2.24) is 4.98 Å². The summed E-state index contributed by atoms with van der Waals surface area (Å²) in [5.41, 5.74) is 2.44. The highest BCUT2D eigenvalue weighted by atomic mass is 16.5. The average Bonchev–Trinajstić information content (AvgIpc) is 3.29. The molecular weight excluding hydrogens is 396 g/mol. The van der Waals surface area contributed by atoms with Gasteiger partial charge in [-0.15, -0.1) is 0 Å². The highest BCUT2D eigenvalue weighted by molar-refractivity contribution is 5.89. The van der Waals surface area contributed by atoms with Gasteiger partial charge in [0.1, 0.15) is 11.1 Å². The number of hydrogen-bond acceptors (Lipinski definition) is 7. The van der Waals surface area contributed by atoms with Crippen molar-refractivity contribution in [2.24, 2.45) is 0 Å². The molecule has 2 aromatic heterocycles. The maximum absolute atomic E-state index is 12.6. The number of esters is 1. The lowest BCUT2D eigenvalue weighted by Gasteiger charge is -2.20. The minimum Gasteiger partial charge on any atom is -0.465 e. The second kappa shape index (κ2) is 8.47. The van der Waals surface area contributed by atoms with Gasteiger partial charge in [-0.1, -0.05) is 0 Å². The fourth-order valence-electron chi connectivity index (χ4n) is 3.46. The number of nitrogens with zero attached hydrogens (tertiary/aromatic N) is 2. The molecule has 0 spiro atoms. The lowest BCUT2D eigenvalue weighted by atomic mass is 10.1. The van der Waals surface area contributed by atoms with E-state index >= 15 is 0 Å². The van der Waals surface area contributed by atoms with Crippen LogP contribution in [0.1, 0.15) is 24.2 Å². The van der Waals surface area contributed by atoms with Crippen LogP contribution in [0.5, 0.6) is 0 Å². The Labute approximate surface area is 178 Å². The summed E-state index contributed by atoms with van der Waals surface area (Å²) in [7, 11) is 1.33. The summed E-state index contributed by atoms with van der Waals surface area (Å²) in [6, 6.07) is 14.2. The Hall–Kier alpha value is -3.87. The standard InChI is InChI=1S/C24H22N2O5/c1-4-26(5-2)18-11-10-17-12-19(24(28)31-20(17)13-18)21-14-25-22(30-21)15-6-8-16(9-7-15)23(27)29-3/h6-14H,4-5H2,1-3H3. The van der Waals surface area contributed by atoms with Gasteiger partial charge in [0.05, 0.1) is 18.9 Å². The molecule has 0 aliphatic heterocycles. The molecule has 2 heterocycles. The zero-order valence-corrected chi connectivity index (χ0v) is 17.5. The van der Waals surface area contributed by atoms with Gasteiger partial charge in [0.25, 0.3) is 0 Å². The van der Waals surface area contributed by atoms with E-state index in [0.717, 1.165) is 24.2 Å². The van der Waals surface area contributed by atoms with Gasteiger partial charge in [0.15, 0.2) is 5.76 Å². The van der Waals surface area contributed by atoms with Crippen LogP contribution in [0.3, 0.4) is 0 Å². The van der Waals surface area contributed by atoms with Crippen LogP contribution in [-0.4, -0.2) is 31.2 Å². The molecule has 7 nitrogen and oxygen atoms in total. The molecule has 0 saturated heterocycles. The molecule has 0 unspecified atom stereocenters. The molecule has 0 aliphatic rings. The van der Waals surface area contributed by atoms with E-state index in [9.17, 15) is 9.59 Å². The summed E-state index contributed by atoms with van der Waals surface area (Å²) in [4.78, 5) is 30.7. The third-order valence-electron chi connectivity index (χ3n) is 5.17. The maximum atomic E-state index is 12.6. The SMILES string of the molecule is CCN(CC)c1ccc2cc(-c3cnc(-c4ccc(C(=O)OC)cc4)o3)c(=O)oc2c1. The van der Waals surface area contributed by atoms with Crippen LogP contribution in [0.25, 0.3) is 33.7 Å². The molecule has 31 heavy (non-hydrogen) atoms. The van der Waals surface area contributed by atoms with Crippen LogP contribution >= 0.6 is 0 Å². The molecule has 0 bridgehead atoms. The third-order valence-corrected chi connectivity index (χ3v) is 5.17. The number of methoxy groups -OCH3 is 1. The van der Waals surface area contributed by atoms with Crippen molar-refractivity contribution in [1.29, 1.82) is 0 Å². The topological polar surface area (TPSA) is 85.8 Å². The molecule has 4 aromatic rings. The first kappa shape index (κ1) is 20.4. The second-order valence-corrected chi connectivity index (χ2v) is 6.94. The smallest absolute Gasteiger partial charge is 0.347 e. The molecular formula is C24H22N2O5. The monoisotopic (exact) mass is 418 g/mol. The van der Waals surface area contributed by atoms with E-state index in [2.05, 4.69) is 23.7 Å². The minimum atomic E-state index is -0.493. The van der Waals surface area contributed by atoms with E-state index in [1.807, 2.05) is 18.2 Å². The number of oxazole rings is 1. The van der Waals surface area contributed by atoms with Gasteiger partial charge in [0.2, 0.25) is 5.89 Å². The number of fused-ring (bicyclic) bond motifs is 1. The van der Waals surface area contributed by atoms with Gasteiger partial charge in [-0.25, -0.2) is 14.6 Å². The van der Waals surface area contributed by atoms with Gasteiger partial charge >= 0.3 is 11.6 Å². The molecule has 0 radical (unpaired) electrons. The molecule has 158 valence electrons. The zero-order chi connectivity index (χ0) is 22.0. The number of benzene rings is 2. The predicted octanol–water partition coefficient (Wildman–Crippen LogP) is 4.75. The Morgan fingerprint density at radius 1 is 1.03 bits per heavy atom. The van der Waals surface area contributed by atoms with Crippen molar-refractivity contribution >= 4 is 22.6 Å². The van der Waals surface area contributed by atoms with Gasteiger partial charge in [-0.05, 0) is 56.3 Å². The van der Waals surface area contributed by atoms with E-state index in [1.165, 1.54) is 13.3 Å². The molecule has 0 atom stereocenters. The molecule has 7 heteroatoms. The Balaban J connectivity index is 1.67. The molecule has 0 amide bonds. The van der Waals surface area contributed by atoms with Crippen LogP contribution in [0.15, 0.2) is 68.4 Å². The minimum absolute atomic E-state index is 0.299. The van der Waals surface area contributed by atoms with Gasteiger partial charge < -0.3 is 18.5 Å². The Bertz CT molecular complexity index is 1280. The van der Waals surface area contributed by atoms with Crippen molar-refractivity contribution < 1.29 is 18.4 Å². The number of hydrogen-bond donors (Lipinski definition) is 0. The van der Waals surface area contributed by atoms with E-state index in [1.54, 1.807) is 30.3 Å². The molecule has 0 N–H and O–H groups in total. The number of ether oxygens (including phenoxy) is 1. The summed E-state index contributed by atoms with van der Waals surface area (Å²) in [5, 5.41) is 0.797. The largest absolute Gasteiger partial charge is 0.465 e. The van der Waals surface area contributed by atoms with Crippen LogP contribution in [0.2, 0.25) is 0 Å². The summed E-state index contributed by atoms with van der Waals surface area (Å²) >= 11 is 0. The molecule has 0 saturated carbocycles. The normalized spacial score (nSPS) is 10.9. The Kier molecular flexibility index (Phi) is 5.58. The third kappa shape index (κ3) is 3.94. The van der Waals surface area contributed by atoms with Crippen molar-refractivity contribution in [3.05, 3.63) is 70.7 Å². The predicted molar refractivity (Wildman–Crippen MR) is 118 cm³/mol. The van der Waals surface area contributed by atoms with Crippen molar-refractivity contribution in [2.75, 3.05) is 25.1 Å². The molecule has 2 aromatic carbocycles. The van der Waals surface area contributed by atoms with Crippen LogP contribution in [0, 0.1) is 0 Å². The van der Waals surface area contributed by atoms with Gasteiger partial charge in [-0.3, -0.25) is 0 Å². The molecule has 4 rings (SSSR count). The molecule has 0 fully saturated rings. The fraction of sp³-hybridized carbons (Fsp3) is 0.208. The van der Waals surface area contributed by atoms with E-state index in [4.69, 9.17) is 13.6 Å². The van der Waals surface area contributed by atoms with E-state index in [-0.39, 0.29) is 0 Å². The van der Waals surface area contributed by atoms with Gasteiger partial charge in [0, 0.05) is 35.8 Å². The fourth-order valence-corrected chi connectivity index (χ4v) is 3.46. The Morgan fingerprint density at radius 3 is 2.45 bits per heavy atom. The van der Waals surface area contributed by atoms with Crippen molar-refractivity contribution in [3.63, 3.8) is 0 Å². The summed E-state index contributed by atoms with van der Waals surface area (Å²) < 4.78 is 16.1. The number of anilines is 1. The second-order valence-electron chi connectivity index (χ2n) is 6.94. The van der Waals surface area contributed by atoms with E-state index in [0.29, 0.717) is 33.9 Å². The number of carbonyl (C=O) groups is 1. The van der Waals surface area contributed by atoms with E-state index < -0.39 is 11.6 Å². The van der Waals surface area contributed by atoms with Crippen molar-refractivity contribution in [2.45, 2.75) is 13.8 Å². The van der Waals surface area contributed by atoms with Crippen LogP contribution in [0.4, 0.5) is 5.69 Å². The van der Waals surface area contributed by atoms with Gasteiger partial charge in [-0.2, -0.15) is 0 Å². The summed E-state index contributed by atoms with van der Waals surface area (Å²) in [5.74, 6) is 0.232. The maximum Gasteiger partial charge on any atom is 0.347 e. The summed E-state index contributed by atoms with van der Waals surface area (Å²) in [6.07, 6.45) is 1.49. The lowest BCUT2D eigenvalue weighted by molar-refractivity contribution is 0.0600. The zero-order valence-electron chi connectivity index (χ0n) is 17.5. The van der Waals surface area contributed by atoms with Crippen LogP contribution < -0.4 is 10.5 Å². The van der Waals surface area contributed by atoms with Crippen molar-refractivity contribution in [3.8, 4) is 22.8 Å². The first-order valence-electron chi connectivity index (χ1n) is 10.0. The number of rotatable bonds is 6. The van der Waals surface area contributed by atoms with Crippen LogP contribution in [-0.2, 0) is 4.74 Å².